The minimum atomic E-state index is -0.260. The highest BCUT2D eigenvalue weighted by Crippen LogP contribution is 2.23. The second-order valence-electron chi connectivity index (χ2n) is 4.54. The predicted octanol–water partition coefficient (Wildman–Crippen LogP) is 3.16. The standard InChI is InChI=1S/C16H18N2O2/c1-3-11-6-5-7-12(4-2)15(11)18-16(20)13-8-14(19)10-17-9-13/h5-10,19H,3-4H2,1-2H3,(H,18,20). The van der Waals surface area contributed by atoms with Crippen LogP contribution in [0.15, 0.2) is 36.7 Å². The third-order valence-electron chi connectivity index (χ3n) is 3.22. The Morgan fingerprint density at radius 2 is 1.85 bits per heavy atom. The van der Waals surface area contributed by atoms with Crippen LogP contribution in [0.5, 0.6) is 5.75 Å². The van der Waals surface area contributed by atoms with E-state index in [1.54, 1.807) is 0 Å². The third-order valence-corrected chi connectivity index (χ3v) is 3.22. The molecule has 0 atom stereocenters. The number of aromatic nitrogens is 1. The molecule has 0 saturated heterocycles. The number of pyridine rings is 1. The molecule has 0 aliphatic carbocycles. The molecule has 0 bridgehead atoms. The van der Waals surface area contributed by atoms with Gasteiger partial charge in [-0.3, -0.25) is 9.78 Å². The Bertz CT molecular complexity index is 601. The fraction of sp³-hybridized carbons (Fsp3) is 0.250. The van der Waals surface area contributed by atoms with Crippen LogP contribution in [0.25, 0.3) is 0 Å². The molecule has 2 aromatic rings. The van der Waals surface area contributed by atoms with Crippen LogP contribution in [0.2, 0.25) is 0 Å². The summed E-state index contributed by atoms with van der Waals surface area (Å²) in [5.41, 5.74) is 3.42. The number of para-hydroxylation sites is 1. The first-order chi connectivity index (χ1) is 9.65. The zero-order chi connectivity index (χ0) is 14.5. The quantitative estimate of drug-likeness (QED) is 0.897. The summed E-state index contributed by atoms with van der Waals surface area (Å²) in [4.78, 5) is 16.1. The highest BCUT2D eigenvalue weighted by Gasteiger charge is 2.12. The topological polar surface area (TPSA) is 62.2 Å². The zero-order valence-electron chi connectivity index (χ0n) is 11.7. The monoisotopic (exact) mass is 270 g/mol. The molecule has 0 unspecified atom stereocenters. The van der Waals surface area contributed by atoms with Crippen molar-refractivity contribution >= 4 is 11.6 Å². The first-order valence-electron chi connectivity index (χ1n) is 6.71. The Hall–Kier alpha value is -2.36. The Balaban J connectivity index is 2.32. The molecular formula is C16H18N2O2. The number of benzene rings is 1. The van der Waals surface area contributed by atoms with Gasteiger partial charge in [0, 0.05) is 11.9 Å². The fourth-order valence-corrected chi connectivity index (χ4v) is 2.14. The molecular weight excluding hydrogens is 252 g/mol. The van der Waals surface area contributed by atoms with Crippen LogP contribution in [-0.4, -0.2) is 16.0 Å². The van der Waals surface area contributed by atoms with Gasteiger partial charge in [0.2, 0.25) is 0 Å². The molecule has 0 aliphatic rings. The van der Waals surface area contributed by atoms with E-state index in [4.69, 9.17) is 0 Å². The number of anilines is 1. The Morgan fingerprint density at radius 1 is 1.20 bits per heavy atom. The lowest BCUT2D eigenvalue weighted by Gasteiger charge is -2.14. The molecule has 0 radical (unpaired) electrons. The maximum atomic E-state index is 12.2. The van der Waals surface area contributed by atoms with Gasteiger partial charge in [-0.25, -0.2) is 0 Å². The number of nitrogens with one attached hydrogen (secondary N) is 1. The van der Waals surface area contributed by atoms with E-state index in [1.165, 1.54) is 18.5 Å². The maximum Gasteiger partial charge on any atom is 0.257 e. The molecule has 4 heteroatoms. The van der Waals surface area contributed by atoms with Crippen molar-refractivity contribution < 1.29 is 9.90 Å². The van der Waals surface area contributed by atoms with Gasteiger partial charge < -0.3 is 10.4 Å². The predicted molar refractivity (Wildman–Crippen MR) is 79.1 cm³/mol. The summed E-state index contributed by atoms with van der Waals surface area (Å²) in [6.45, 7) is 4.11. The normalized spacial score (nSPS) is 10.3. The smallest absolute Gasteiger partial charge is 0.257 e. The van der Waals surface area contributed by atoms with Crippen molar-refractivity contribution in [2.75, 3.05) is 5.32 Å². The van der Waals surface area contributed by atoms with Gasteiger partial charge in [-0.05, 0) is 30.0 Å². The number of carbonyl (C=O) groups excluding carboxylic acids is 1. The largest absolute Gasteiger partial charge is 0.506 e. The molecule has 1 heterocycles. The van der Waals surface area contributed by atoms with Gasteiger partial charge in [0.25, 0.3) is 5.91 Å². The van der Waals surface area contributed by atoms with E-state index in [1.807, 2.05) is 18.2 Å². The second kappa shape index (κ2) is 6.19. The zero-order valence-corrected chi connectivity index (χ0v) is 11.7. The van der Waals surface area contributed by atoms with Gasteiger partial charge in [-0.2, -0.15) is 0 Å². The van der Waals surface area contributed by atoms with Gasteiger partial charge >= 0.3 is 0 Å². The number of amides is 1. The SMILES string of the molecule is CCc1cccc(CC)c1NC(=O)c1cncc(O)c1. The molecule has 0 spiro atoms. The number of rotatable bonds is 4. The van der Waals surface area contributed by atoms with Gasteiger partial charge in [0.05, 0.1) is 11.8 Å². The van der Waals surface area contributed by atoms with Gasteiger partial charge in [-0.1, -0.05) is 32.0 Å². The van der Waals surface area contributed by atoms with Crippen LogP contribution in [-0.2, 0) is 12.8 Å². The molecule has 0 aliphatic heterocycles. The van der Waals surface area contributed by atoms with Crippen LogP contribution >= 0.6 is 0 Å². The molecule has 2 rings (SSSR count). The van der Waals surface area contributed by atoms with E-state index < -0.39 is 0 Å². The van der Waals surface area contributed by atoms with E-state index >= 15 is 0 Å². The average molecular weight is 270 g/mol. The molecule has 1 aromatic heterocycles. The van der Waals surface area contributed by atoms with Crippen molar-refractivity contribution in [1.29, 1.82) is 0 Å². The second-order valence-corrected chi connectivity index (χ2v) is 4.54. The summed E-state index contributed by atoms with van der Waals surface area (Å²) in [5, 5.41) is 12.3. The van der Waals surface area contributed by atoms with E-state index in [-0.39, 0.29) is 11.7 Å². The molecule has 1 amide bonds. The van der Waals surface area contributed by atoms with Crippen molar-refractivity contribution in [3.63, 3.8) is 0 Å². The number of hydrogen-bond acceptors (Lipinski definition) is 3. The lowest BCUT2D eigenvalue weighted by molar-refractivity contribution is 0.102. The number of aromatic hydroxyl groups is 1. The molecule has 2 N–H and O–H groups in total. The lowest BCUT2D eigenvalue weighted by Crippen LogP contribution is -2.15. The lowest BCUT2D eigenvalue weighted by atomic mass is 10.0. The van der Waals surface area contributed by atoms with Crippen molar-refractivity contribution in [3.05, 3.63) is 53.3 Å². The summed E-state index contributed by atoms with van der Waals surface area (Å²) >= 11 is 0. The van der Waals surface area contributed by atoms with E-state index in [0.29, 0.717) is 5.56 Å². The highest BCUT2D eigenvalue weighted by atomic mass is 16.3. The van der Waals surface area contributed by atoms with Crippen LogP contribution in [0.4, 0.5) is 5.69 Å². The minimum absolute atomic E-state index is 0.0165. The summed E-state index contributed by atoms with van der Waals surface area (Å²) in [6.07, 6.45) is 4.44. The molecule has 4 nitrogen and oxygen atoms in total. The summed E-state index contributed by atoms with van der Waals surface area (Å²) < 4.78 is 0. The van der Waals surface area contributed by atoms with E-state index in [2.05, 4.69) is 24.1 Å². The molecule has 104 valence electrons. The number of hydrogen-bond donors (Lipinski definition) is 2. The summed E-state index contributed by atoms with van der Waals surface area (Å²) in [5.74, 6) is -0.277. The van der Waals surface area contributed by atoms with Crippen molar-refractivity contribution in [2.24, 2.45) is 0 Å². The molecule has 1 aromatic carbocycles. The Labute approximate surface area is 118 Å². The molecule has 20 heavy (non-hydrogen) atoms. The van der Waals surface area contributed by atoms with Gasteiger partial charge in [0.15, 0.2) is 0 Å². The minimum Gasteiger partial charge on any atom is -0.506 e. The Kier molecular flexibility index (Phi) is 4.35. The number of nitrogens with zero attached hydrogens (tertiary/aromatic N) is 1. The van der Waals surface area contributed by atoms with Crippen LogP contribution in [0.1, 0.15) is 35.3 Å². The van der Waals surface area contributed by atoms with E-state index in [0.717, 1.165) is 29.7 Å². The first-order valence-corrected chi connectivity index (χ1v) is 6.71. The highest BCUT2D eigenvalue weighted by molar-refractivity contribution is 6.05. The van der Waals surface area contributed by atoms with Gasteiger partial charge in [-0.15, -0.1) is 0 Å². The Morgan fingerprint density at radius 3 is 2.40 bits per heavy atom. The maximum absolute atomic E-state index is 12.2. The summed E-state index contributed by atoms with van der Waals surface area (Å²) in [7, 11) is 0. The van der Waals surface area contributed by atoms with Crippen LogP contribution in [0.3, 0.4) is 0 Å². The third kappa shape index (κ3) is 2.96. The van der Waals surface area contributed by atoms with E-state index in [9.17, 15) is 9.90 Å². The number of carbonyl (C=O) groups is 1. The van der Waals surface area contributed by atoms with Crippen molar-refractivity contribution in [1.82, 2.24) is 4.98 Å². The summed E-state index contributed by atoms with van der Waals surface area (Å²) in [6, 6.07) is 7.43. The average Bonchev–Trinajstić information content (AvgIpc) is 2.47. The van der Waals surface area contributed by atoms with Crippen molar-refractivity contribution in [2.45, 2.75) is 26.7 Å². The first kappa shape index (κ1) is 14.1. The van der Waals surface area contributed by atoms with Gasteiger partial charge in [0.1, 0.15) is 5.75 Å². The fourth-order valence-electron chi connectivity index (χ4n) is 2.14. The van der Waals surface area contributed by atoms with Crippen molar-refractivity contribution in [3.8, 4) is 5.75 Å². The molecule has 0 saturated carbocycles. The van der Waals surface area contributed by atoms with Crippen LogP contribution in [0, 0.1) is 0 Å². The van der Waals surface area contributed by atoms with Crippen LogP contribution < -0.4 is 5.32 Å². The number of aryl methyl sites for hydroxylation is 2. The molecule has 0 fully saturated rings.